The fourth-order valence-electron chi connectivity index (χ4n) is 4.82. The van der Waals surface area contributed by atoms with E-state index in [1.807, 2.05) is 12.1 Å². The van der Waals surface area contributed by atoms with E-state index in [0.29, 0.717) is 22.8 Å². The Labute approximate surface area is 222 Å². The quantitative estimate of drug-likeness (QED) is 0.292. The Hall–Kier alpha value is -4.80. The molecule has 0 radical (unpaired) electrons. The summed E-state index contributed by atoms with van der Waals surface area (Å²) in [5.74, 6) is 0.488. The number of nitrogens with one attached hydrogen (secondary N) is 1. The number of anilines is 1. The van der Waals surface area contributed by atoms with Gasteiger partial charge in [0.1, 0.15) is 28.5 Å². The van der Waals surface area contributed by atoms with E-state index in [9.17, 15) is 13.6 Å². The molecular formula is C28H24F2N6O3. The third-order valence-corrected chi connectivity index (χ3v) is 6.58. The Morgan fingerprint density at radius 3 is 2.72 bits per heavy atom. The highest BCUT2D eigenvalue weighted by atomic mass is 19.3. The summed E-state index contributed by atoms with van der Waals surface area (Å²) in [6, 6.07) is 12.2. The number of hydrogen-bond donors (Lipinski definition) is 1. The van der Waals surface area contributed by atoms with Crippen LogP contribution in [0.3, 0.4) is 0 Å². The molecule has 0 atom stereocenters. The molecule has 11 heteroatoms. The second-order valence-electron chi connectivity index (χ2n) is 9.24. The van der Waals surface area contributed by atoms with Crippen molar-refractivity contribution >= 4 is 17.2 Å². The fourth-order valence-corrected chi connectivity index (χ4v) is 4.82. The van der Waals surface area contributed by atoms with Gasteiger partial charge in [-0.1, -0.05) is 6.07 Å². The van der Waals surface area contributed by atoms with Crippen LogP contribution in [0.1, 0.15) is 34.3 Å². The van der Waals surface area contributed by atoms with E-state index in [2.05, 4.69) is 26.6 Å². The highest BCUT2D eigenvalue weighted by molar-refractivity contribution is 6.09. The molecule has 1 aliphatic rings. The molecule has 1 aliphatic carbocycles. The average molecular weight is 531 g/mol. The van der Waals surface area contributed by atoms with Crippen LogP contribution in [0.2, 0.25) is 0 Å². The predicted octanol–water partition coefficient (Wildman–Crippen LogP) is 5.65. The van der Waals surface area contributed by atoms with Crippen molar-refractivity contribution in [2.75, 3.05) is 5.32 Å². The van der Waals surface area contributed by atoms with Crippen LogP contribution in [0.15, 0.2) is 67.3 Å². The first-order valence-corrected chi connectivity index (χ1v) is 12.5. The fraction of sp³-hybridized carbons (Fsp3) is 0.214. The Morgan fingerprint density at radius 1 is 1.08 bits per heavy atom. The number of halogens is 2. The maximum Gasteiger partial charge on any atom is 0.387 e. The number of benzene rings is 2. The summed E-state index contributed by atoms with van der Waals surface area (Å²) >= 11 is 0. The first-order chi connectivity index (χ1) is 18.9. The number of amides is 1. The van der Waals surface area contributed by atoms with Gasteiger partial charge in [0.05, 0.1) is 17.4 Å². The van der Waals surface area contributed by atoms with Crippen molar-refractivity contribution in [1.82, 2.24) is 24.4 Å². The van der Waals surface area contributed by atoms with Crippen molar-refractivity contribution in [3.8, 4) is 28.5 Å². The van der Waals surface area contributed by atoms with E-state index < -0.39 is 12.5 Å². The lowest BCUT2D eigenvalue weighted by molar-refractivity contribution is -0.0494. The summed E-state index contributed by atoms with van der Waals surface area (Å²) < 4.78 is 40.5. The summed E-state index contributed by atoms with van der Waals surface area (Å²) in [5.41, 5.74) is 3.98. The van der Waals surface area contributed by atoms with Crippen LogP contribution < -0.4 is 14.8 Å². The second-order valence-corrected chi connectivity index (χ2v) is 9.24. The summed E-state index contributed by atoms with van der Waals surface area (Å²) in [6.45, 7) is -3.05. The highest BCUT2D eigenvalue weighted by Crippen LogP contribution is 2.39. The van der Waals surface area contributed by atoms with Gasteiger partial charge in [0.15, 0.2) is 5.65 Å². The summed E-state index contributed by atoms with van der Waals surface area (Å²) in [6.07, 6.45) is 10.6. The van der Waals surface area contributed by atoms with Gasteiger partial charge in [-0.25, -0.2) is 9.50 Å². The SMILES string of the molecule is Cn1cc(NC(=O)c2cnn3cccnc23)c(-c2cc(Oc3ccc4c(c3)CCCC4)ccc2OC(F)F)n1. The van der Waals surface area contributed by atoms with Crippen molar-refractivity contribution in [1.29, 1.82) is 0 Å². The zero-order valence-electron chi connectivity index (χ0n) is 21.0. The zero-order chi connectivity index (χ0) is 26.9. The van der Waals surface area contributed by atoms with Gasteiger partial charge in [-0.05, 0) is 73.2 Å². The number of fused-ring (bicyclic) bond motifs is 2. The molecule has 0 saturated heterocycles. The minimum Gasteiger partial charge on any atom is -0.457 e. The molecule has 198 valence electrons. The Bertz CT molecular complexity index is 1680. The number of nitrogens with zero attached hydrogens (tertiary/aromatic N) is 5. The van der Waals surface area contributed by atoms with E-state index in [1.54, 1.807) is 43.8 Å². The number of aromatic nitrogens is 5. The third-order valence-electron chi connectivity index (χ3n) is 6.58. The molecule has 9 nitrogen and oxygen atoms in total. The van der Waals surface area contributed by atoms with Gasteiger partial charge in [0, 0.05) is 25.6 Å². The van der Waals surface area contributed by atoms with E-state index >= 15 is 0 Å². The number of carbonyl (C=O) groups excluding carboxylic acids is 1. The van der Waals surface area contributed by atoms with Gasteiger partial charge in [-0.3, -0.25) is 9.48 Å². The van der Waals surface area contributed by atoms with Crippen LogP contribution in [-0.2, 0) is 19.9 Å². The maximum atomic E-state index is 13.3. The van der Waals surface area contributed by atoms with Crippen LogP contribution in [-0.4, -0.2) is 36.9 Å². The van der Waals surface area contributed by atoms with Crippen LogP contribution in [0.4, 0.5) is 14.5 Å². The van der Waals surface area contributed by atoms with Crippen LogP contribution >= 0.6 is 0 Å². The molecule has 39 heavy (non-hydrogen) atoms. The summed E-state index contributed by atoms with van der Waals surface area (Å²) in [4.78, 5) is 17.4. The molecule has 6 rings (SSSR count). The predicted molar refractivity (Wildman–Crippen MR) is 139 cm³/mol. The number of hydrogen-bond acceptors (Lipinski definition) is 6. The lowest BCUT2D eigenvalue weighted by atomic mass is 9.92. The van der Waals surface area contributed by atoms with Gasteiger partial charge in [-0.15, -0.1) is 0 Å². The van der Waals surface area contributed by atoms with Gasteiger partial charge < -0.3 is 14.8 Å². The lowest BCUT2D eigenvalue weighted by Crippen LogP contribution is -2.12. The van der Waals surface area contributed by atoms with E-state index in [4.69, 9.17) is 9.47 Å². The number of ether oxygens (including phenoxy) is 2. The Kier molecular flexibility index (Phi) is 6.39. The van der Waals surface area contributed by atoms with Gasteiger partial charge >= 0.3 is 6.61 Å². The molecule has 0 spiro atoms. The van der Waals surface area contributed by atoms with Crippen LogP contribution in [0, 0.1) is 0 Å². The minimum atomic E-state index is -3.05. The minimum absolute atomic E-state index is 0.102. The van der Waals surface area contributed by atoms with Crippen molar-refractivity contribution in [3.05, 3.63) is 83.9 Å². The standard InChI is InChI=1S/C28H24F2N6O3/c1-35-16-23(33-27(37)22-15-32-36-12-4-11-31-26(22)36)25(34-35)21-14-20(9-10-24(21)39-28(29)30)38-19-8-7-17-5-2-3-6-18(17)13-19/h4,7-16,28H,2-3,5-6H2,1H3,(H,33,37). The van der Waals surface area contributed by atoms with E-state index in [-0.39, 0.29) is 22.6 Å². The Morgan fingerprint density at radius 2 is 1.87 bits per heavy atom. The van der Waals surface area contributed by atoms with Crippen LogP contribution in [0.5, 0.6) is 17.2 Å². The molecular weight excluding hydrogens is 506 g/mol. The summed E-state index contributed by atoms with van der Waals surface area (Å²) in [7, 11) is 1.66. The molecule has 1 amide bonds. The van der Waals surface area contributed by atoms with Crippen molar-refractivity contribution in [2.45, 2.75) is 32.3 Å². The molecule has 0 aliphatic heterocycles. The first-order valence-electron chi connectivity index (χ1n) is 12.5. The van der Waals surface area contributed by atoms with Crippen molar-refractivity contribution in [2.24, 2.45) is 7.05 Å². The van der Waals surface area contributed by atoms with Crippen LogP contribution in [0.25, 0.3) is 16.9 Å². The molecule has 3 heterocycles. The number of alkyl halides is 2. The monoisotopic (exact) mass is 530 g/mol. The van der Waals surface area contributed by atoms with Crippen molar-refractivity contribution < 1.29 is 23.0 Å². The van der Waals surface area contributed by atoms with Gasteiger partial charge in [0.2, 0.25) is 0 Å². The zero-order valence-corrected chi connectivity index (χ0v) is 21.0. The number of carbonyl (C=O) groups is 1. The molecule has 0 fully saturated rings. The lowest BCUT2D eigenvalue weighted by Gasteiger charge is -2.17. The van der Waals surface area contributed by atoms with E-state index in [0.717, 1.165) is 19.3 Å². The topological polar surface area (TPSA) is 95.6 Å². The third kappa shape index (κ3) is 5.02. The molecule has 0 saturated carbocycles. The Balaban J connectivity index is 1.34. The second kappa shape index (κ2) is 10.2. The average Bonchev–Trinajstić information content (AvgIpc) is 3.52. The van der Waals surface area contributed by atoms with Crippen molar-refractivity contribution in [3.63, 3.8) is 0 Å². The highest BCUT2D eigenvalue weighted by Gasteiger charge is 2.22. The van der Waals surface area contributed by atoms with Gasteiger partial charge in [0.25, 0.3) is 5.91 Å². The summed E-state index contributed by atoms with van der Waals surface area (Å²) in [5, 5.41) is 11.4. The molecule has 2 aromatic carbocycles. The molecule has 5 aromatic rings. The molecule has 0 unspecified atom stereocenters. The smallest absolute Gasteiger partial charge is 0.387 e. The first kappa shape index (κ1) is 24.5. The van der Waals surface area contributed by atoms with Gasteiger partial charge in [-0.2, -0.15) is 19.0 Å². The number of aryl methyl sites for hydroxylation is 3. The normalized spacial score (nSPS) is 12.9. The largest absolute Gasteiger partial charge is 0.457 e. The molecule has 1 N–H and O–H groups in total. The molecule has 0 bridgehead atoms. The number of rotatable bonds is 7. The van der Waals surface area contributed by atoms with E-state index in [1.165, 1.54) is 39.0 Å². The molecule has 3 aromatic heterocycles. The maximum absolute atomic E-state index is 13.3.